The van der Waals surface area contributed by atoms with Crippen molar-refractivity contribution in [2.24, 2.45) is 7.05 Å². The lowest BCUT2D eigenvalue weighted by atomic mass is 10.3. The molecule has 0 bridgehead atoms. The van der Waals surface area contributed by atoms with Gasteiger partial charge in [-0.15, -0.1) is 0 Å². The lowest BCUT2D eigenvalue weighted by Crippen LogP contribution is -2.09. The highest BCUT2D eigenvalue weighted by Gasteiger charge is 2.14. The molecule has 0 saturated heterocycles. The van der Waals surface area contributed by atoms with E-state index in [4.69, 9.17) is 5.73 Å². The van der Waals surface area contributed by atoms with E-state index in [9.17, 15) is 0 Å². The molecule has 0 aliphatic carbocycles. The molecular formula is C13H16N6. The molecule has 6 nitrogen and oxygen atoms in total. The van der Waals surface area contributed by atoms with Gasteiger partial charge >= 0.3 is 0 Å². The molecule has 3 aromatic heterocycles. The molecule has 0 saturated carbocycles. The van der Waals surface area contributed by atoms with Gasteiger partial charge in [-0.3, -0.25) is 9.08 Å². The van der Waals surface area contributed by atoms with Crippen molar-refractivity contribution in [3.63, 3.8) is 0 Å². The Balaban J connectivity index is 2.24. The average molecular weight is 256 g/mol. The number of imidazole rings is 1. The Bertz CT molecular complexity index is 737. The Hall–Kier alpha value is -2.50. The first-order chi connectivity index (χ1) is 9.08. The van der Waals surface area contributed by atoms with Crippen LogP contribution in [0.2, 0.25) is 0 Å². The van der Waals surface area contributed by atoms with Gasteiger partial charge in [0.1, 0.15) is 17.2 Å². The quantitative estimate of drug-likeness (QED) is 0.752. The fourth-order valence-electron chi connectivity index (χ4n) is 2.11. The van der Waals surface area contributed by atoms with Crippen LogP contribution < -0.4 is 10.6 Å². The third kappa shape index (κ3) is 1.72. The van der Waals surface area contributed by atoms with Crippen LogP contribution in [0.5, 0.6) is 0 Å². The van der Waals surface area contributed by atoms with Crippen LogP contribution in [-0.4, -0.2) is 33.3 Å². The van der Waals surface area contributed by atoms with E-state index in [1.807, 2.05) is 54.8 Å². The Morgan fingerprint density at radius 1 is 1.21 bits per heavy atom. The predicted octanol–water partition coefficient (Wildman–Crippen LogP) is 1.38. The number of anilines is 2. The zero-order valence-electron chi connectivity index (χ0n) is 11.2. The van der Waals surface area contributed by atoms with E-state index >= 15 is 0 Å². The maximum atomic E-state index is 6.21. The molecule has 3 aromatic rings. The predicted molar refractivity (Wildman–Crippen MR) is 76.1 cm³/mol. The standard InChI is InChI=1S/C13H16N6/c1-17(2)9-4-5-11-16-12(13(14)19(11)8-9)10-6-7-15-18(10)3/h4-8H,14H2,1-3H3. The summed E-state index contributed by atoms with van der Waals surface area (Å²) >= 11 is 0. The van der Waals surface area contributed by atoms with Gasteiger partial charge in [-0.25, -0.2) is 4.98 Å². The van der Waals surface area contributed by atoms with Crippen LogP contribution in [0.3, 0.4) is 0 Å². The van der Waals surface area contributed by atoms with Crippen molar-refractivity contribution in [1.82, 2.24) is 19.2 Å². The Kier molecular flexibility index (Phi) is 2.45. The number of nitrogen functional groups attached to an aromatic ring is 1. The van der Waals surface area contributed by atoms with E-state index in [1.165, 1.54) is 0 Å². The first-order valence-electron chi connectivity index (χ1n) is 6.01. The molecule has 19 heavy (non-hydrogen) atoms. The number of aryl methyl sites for hydroxylation is 1. The van der Waals surface area contributed by atoms with Gasteiger partial charge in [-0.2, -0.15) is 5.10 Å². The van der Waals surface area contributed by atoms with E-state index < -0.39 is 0 Å². The maximum absolute atomic E-state index is 6.21. The van der Waals surface area contributed by atoms with Crippen LogP contribution in [0.4, 0.5) is 11.5 Å². The highest BCUT2D eigenvalue weighted by molar-refractivity contribution is 5.73. The van der Waals surface area contributed by atoms with Gasteiger partial charge in [0.05, 0.1) is 11.4 Å². The maximum Gasteiger partial charge on any atom is 0.139 e. The van der Waals surface area contributed by atoms with Crippen LogP contribution in [0.1, 0.15) is 0 Å². The Morgan fingerprint density at radius 3 is 2.63 bits per heavy atom. The fraction of sp³-hybridized carbons (Fsp3) is 0.231. The highest BCUT2D eigenvalue weighted by Crippen LogP contribution is 2.27. The van der Waals surface area contributed by atoms with Crippen molar-refractivity contribution in [3.8, 4) is 11.4 Å². The molecule has 0 atom stereocenters. The molecule has 0 radical (unpaired) electrons. The van der Waals surface area contributed by atoms with Gasteiger partial charge in [0.25, 0.3) is 0 Å². The summed E-state index contributed by atoms with van der Waals surface area (Å²) < 4.78 is 3.67. The molecule has 0 aromatic carbocycles. The second-order valence-electron chi connectivity index (χ2n) is 4.70. The number of fused-ring (bicyclic) bond motifs is 1. The van der Waals surface area contributed by atoms with Crippen LogP contribution in [0, 0.1) is 0 Å². The van der Waals surface area contributed by atoms with Crippen molar-refractivity contribution >= 4 is 17.2 Å². The molecule has 98 valence electrons. The van der Waals surface area contributed by atoms with Crippen LogP contribution >= 0.6 is 0 Å². The summed E-state index contributed by atoms with van der Waals surface area (Å²) in [4.78, 5) is 6.60. The van der Waals surface area contributed by atoms with Gasteiger partial charge in [0, 0.05) is 33.5 Å². The average Bonchev–Trinajstić information content (AvgIpc) is 2.93. The van der Waals surface area contributed by atoms with Crippen molar-refractivity contribution in [2.75, 3.05) is 24.7 Å². The number of nitrogens with two attached hydrogens (primary N) is 1. The van der Waals surface area contributed by atoms with E-state index in [-0.39, 0.29) is 0 Å². The highest BCUT2D eigenvalue weighted by atomic mass is 15.3. The second-order valence-corrected chi connectivity index (χ2v) is 4.70. The number of hydrogen-bond acceptors (Lipinski definition) is 4. The Morgan fingerprint density at radius 2 is 2.00 bits per heavy atom. The van der Waals surface area contributed by atoms with Crippen LogP contribution in [0.15, 0.2) is 30.6 Å². The van der Waals surface area contributed by atoms with Crippen molar-refractivity contribution in [3.05, 3.63) is 30.6 Å². The molecule has 0 amide bonds. The molecule has 0 aliphatic heterocycles. The third-order valence-electron chi connectivity index (χ3n) is 3.22. The smallest absolute Gasteiger partial charge is 0.139 e. The van der Waals surface area contributed by atoms with Crippen molar-refractivity contribution < 1.29 is 0 Å². The van der Waals surface area contributed by atoms with Gasteiger partial charge in [-0.1, -0.05) is 0 Å². The van der Waals surface area contributed by atoms with Gasteiger partial charge in [0.2, 0.25) is 0 Å². The SMILES string of the molecule is CN(C)c1ccc2nc(-c3ccnn3C)c(N)n2c1. The summed E-state index contributed by atoms with van der Waals surface area (Å²) in [5.41, 5.74) is 9.79. The van der Waals surface area contributed by atoms with E-state index in [2.05, 4.69) is 10.1 Å². The van der Waals surface area contributed by atoms with E-state index in [0.717, 1.165) is 22.7 Å². The van der Waals surface area contributed by atoms with Crippen molar-refractivity contribution in [1.29, 1.82) is 0 Å². The third-order valence-corrected chi connectivity index (χ3v) is 3.22. The summed E-state index contributed by atoms with van der Waals surface area (Å²) in [6.07, 6.45) is 3.72. The normalized spacial score (nSPS) is 11.1. The summed E-state index contributed by atoms with van der Waals surface area (Å²) in [5, 5.41) is 4.15. The first kappa shape index (κ1) is 11.6. The summed E-state index contributed by atoms with van der Waals surface area (Å²) in [7, 11) is 5.87. The minimum atomic E-state index is 0.627. The number of nitrogens with zero attached hydrogens (tertiary/aromatic N) is 5. The Labute approximate surface area is 111 Å². The fourth-order valence-corrected chi connectivity index (χ4v) is 2.11. The molecule has 0 spiro atoms. The van der Waals surface area contributed by atoms with Gasteiger partial charge in [-0.05, 0) is 18.2 Å². The first-order valence-corrected chi connectivity index (χ1v) is 6.01. The molecule has 0 unspecified atom stereocenters. The lowest BCUT2D eigenvalue weighted by molar-refractivity contribution is 0.774. The second kappa shape index (κ2) is 4.01. The number of hydrogen-bond donors (Lipinski definition) is 1. The zero-order valence-corrected chi connectivity index (χ0v) is 11.2. The largest absolute Gasteiger partial charge is 0.383 e. The summed E-state index contributed by atoms with van der Waals surface area (Å²) in [6.45, 7) is 0. The minimum Gasteiger partial charge on any atom is -0.383 e. The molecular weight excluding hydrogens is 240 g/mol. The summed E-state index contributed by atoms with van der Waals surface area (Å²) in [6, 6.07) is 5.89. The van der Waals surface area contributed by atoms with E-state index in [0.29, 0.717) is 5.82 Å². The van der Waals surface area contributed by atoms with Crippen LogP contribution in [0.25, 0.3) is 17.0 Å². The zero-order chi connectivity index (χ0) is 13.6. The molecule has 6 heteroatoms. The molecule has 3 rings (SSSR count). The molecule has 0 aliphatic rings. The topological polar surface area (TPSA) is 64.4 Å². The van der Waals surface area contributed by atoms with E-state index in [1.54, 1.807) is 10.9 Å². The number of pyridine rings is 1. The number of rotatable bonds is 2. The molecule has 0 fully saturated rings. The minimum absolute atomic E-state index is 0.627. The summed E-state index contributed by atoms with van der Waals surface area (Å²) in [5.74, 6) is 0.627. The molecule has 2 N–H and O–H groups in total. The number of aromatic nitrogens is 4. The lowest BCUT2D eigenvalue weighted by Gasteiger charge is -2.12. The van der Waals surface area contributed by atoms with Crippen molar-refractivity contribution in [2.45, 2.75) is 0 Å². The van der Waals surface area contributed by atoms with Gasteiger partial charge in [0.15, 0.2) is 0 Å². The van der Waals surface area contributed by atoms with Crippen LogP contribution in [-0.2, 0) is 7.05 Å². The van der Waals surface area contributed by atoms with Gasteiger partial charge < -0.3 is 10.6 Å². The molecule has 3 heterocycles. The monoisotopic (exact) mass is 256 g/mol.